The molecule has 0 atom stereocenters. The van der Waals surface area contributed by atoms with Crippen molar-refractivity contribution in [2.75, 3.05) is 0 Å². The first-order valence-corrected chi connectivity index (χ1v) is 6.48. The van der Waals surface area contributed by atoms with Crippen LogP contribution in [0.1, 0.15) is 21.7 Å². The zero-order chi connectivity index (χ0) is 12.4. The molecule has 6 heteroatoms. The van der Waals surface area contributed by atoms with E-state index in [9.17, 15) is 4.79 Å². The average molecular weight is 266 g/mol. The molecule has 0 saturated heterocycles. The lowest BCUT2D eigenvalue weighted by Crippen LogP contribution is -1.99. The Kier molecular flexibility index (Phi) is 3.44. The molecule has 0 radical (unpaired) electrons. The van der Waals surface area contributed by atoms with Gasteiger partial charge in [0.2, 0.25) is 0 Å². The molecule has 2 aromatic rings. The van der Waals surface area contributed by atoms with Gasteiger partial charge < -0.3 is 5.11 Å². The Balaban J connectivity index is 2.40. The number of hydrogen-bond acceptors (Lipinski definition) is 5. The zero-order valence-electron chi connectivity index (χ0n) is 9.30. The van der Waals surface area contributed by atoms with Crippen molar-refractivity contribution >= 4 is 29.3 Å². The van der Waals surface area contributed by atoms with Gasteiger partial charge in [0.25, 0.3) is 0 Å². The second-order valence-electron chi connectivity index (χ2n) is 3.47. The largest absolute Gasteiger partial charge is 0.478 e. The lowest BCUT2D eigenvalue weighted by Gasteiger charge is -2.06. The number of carboxylic acids is 1. The van der Waals surface area contributed by atoms with Crippen LogP contribution in [0, 0.1) is 13.8 Å². The van der Waals surface area contributed by atoms with Crippen LogP contribution >= 0.6 is 23.3 Å². The minimum Gasteiger partial charge on any atom is -0.478 e. The second kappa shape index (κ2) is 4.85. The number of hydrogen-bond donors (Lipinski definition) is 1. The zero-order valence-corrected chi connectivity index (χ0v) is 10.9. The average Bonchev–Trinajstić information content (AvgIpc) is 2.67. The van der Waals surface area contributed by atoms with Crippen molar-refractivity contribution in [3.8, 4) is 0 Å². The molecule has 0 aliphatic carbocycles. The molecule has 1 heterocycles. The summed E-state index contributed by atoms with van der Waals surface area (Å²) in [7, 11) is 0. The number of aryl methyl sites for hydroxylation is 2. The third-order valence-corrected chi connectivity index (χ3v) is 4.23. The summed E-state index contributed by atoms with van der Waals surface area (Å²) in [5.74, 6) is -0.208. The van der Waals surface area contributed by atoms with E-state index in [4.69, 9.17) is 5.11 Å². The highest BCUT2D eigenvalue weighted by Gasteiger charge is 2.14. The van der Waals surface area contributed by atoms with Gasteiger partial charge in [0, 0.05) is 4.90 Å². The maximum atomic E-state index is 11.1. The van der Waals surface area contributed by atoms with Crippen LogP contribution in [-0.4, -0.2) is 20.4 Å². The molecular weight excluding hydrogens is 256 g/mol. The van der Waals surface area contributed by atoms with Crippen LogP contribution in [0.4, 0.5) is 0 Å². The van der Waals surface area contributed by atoms with Crippen LogP contribution < -0.4 is 0 Å². The first-order valence-electron chi connectivity index (χ1n) is 4.89. The van der Waals surface area contributed by atoms with Gasteiger partial charge in [-0.3, -0.25) is 0 Å². The summed E-state index contributed by atoms with van der Waals surface area (Å²) in [4.78, 5) is 16.1. The number of carbonyl (C=O) groups is 1. The highest BCUT2D eigenvalue weighted by molar-refractivity contribution is 8.01. The van der Waals surface area contributed by atoms with Gasteiger partial charge in [-0.05, 0) is 37.0 Å². The van der Waals surface area contributed by atoms with Crippen molar-refractivity contribution < 1.29 is 9.90 Å². The fourth-order valence-corrected chi connectivity index (χ4v) is 3.14. The smallest absolute Gasteiger partial charge is 0.336 e. The van der Waals surface area contributed by atoms with Crippen molar-refractivity contribution in [1.29, 1.82) is 0 Å². The number of rotatable bonds is 3. The van der Waals surface area contributed by atoms with Crippen molar-refractivity contribution in [2.45, 2.75) is 23.1 Å². The predicted molar refractivity (Wildman–Crippen MR) is 66.9 cm³/mol. The van der Waals surface area contributed by atoms with Gasteiger partial charge >= 0.3 is 5.97 Å². The molecule has 88 valence electrons. The maximum Gasteiger partial charge on any atom is 0.336 e. The van der Waals surface area contributed by atoms with E-state index in [1.165, 1.54) is 23.3 Å². The number of benzene rings is 1. The number of aromatic carboxylic acids is 1. The second-order valence-corrected chi connectivity index (χ2v) is 5.48. The summed E-state index contributed by atoms with van der Waals surface area (Å²) in [6.07, 6.45) is 0. The van der Waals surface area contributed by atoms with E-state index in [1.807, 2.05) is 19.9 Å². The molecule has 4 nitrogen and oxygen atoms in total. The Morgan fingerprint density at radius 3 is 2.76 bits per heavy atom. The molecule has 0 aliphatic rings. The molecule has 1 aromatic heterocycles. The Bertz CT molecular complexity index is 566. The van der Waals surface area contributed by atoms with Crippen LogP contribution in [0.3, 0.4) is 0 Å². The Morgan fingerprint density at radius 2 is 2.18 bits per heavy atom. The minimum absolute atomic E-state index is 0.308. The molecule has 0 spiro atoms. The first-order chi connectivity index (χ1) is 8.08. The van der Waals surface area contributed by atoms with Crippen molar-refractivity contribution in [2.24, 2.45) is 0 Å². The van der Waals surface area contributed by atoms with Crippen LogP contribution in [0.5, 0.6) is 0 Å². The number of aromatic nitrogens is 2. The monoisotopic (exact) mass is 266 g/mol. The quantitative estimate of drug-likeness (QED) is 0.925. The summed E-state index contributed by atoms with van der Waals surface area (Å²) in [5.41, 5.74) is 1.24. The number of nitrogens with zero attached hydrogens (tertiary/aromatic N) is 2. The van der Waals surface area contributed by atoms with Gasteiger partial charge in [-0.15, -0.1) is 0 Å². The molecule has 17 heavy (non-hydrogen) atoms. The van der Waals surface area contributed by atoms with E-state index in [0.29, 0.717) is 11.4 Å². The molecule has 0 fully saturated rings. The molecular formula is C11H10N2O2S2. The predicted octanol–water partition coefficient (Wildman–Crippen LogP) is 3.00. The minimum atomic E-state index is -0.919. The SMILES string of the molecule is Cc1nsc(Sc2c(C)cccc2C(=O)O)n1. The van der Waals surface area contributed by atoms with Crippen molar-refractivity contribution in [3.63, 3.8) is 0 Å². The van der Waals surface area contributed by atoms with Crippen molar-refractivity contribution in [3.05, 3.63) is 35.2 Å². The lowest BCUT2D eigenvalue weighted by atomic mass is 10.1. The Hall–Kier alpha value is -1.40. The van der Waals surface area contributed by atoms with Gasteiger partial charge in [0.15, 0.2) is 4.34 Å². The van der Waals surface area contributed by atoms with Crippen molar-refractivity contribution in [1.82, 2.24) is 9.36 Å². The van der Waals surface area contributed by atoms with E-state index in [0.717, 1.165) is 14.8 Å². The van der Waals surface area contributed by atoms with E-state index in [-0.39, 0.29) is 0 Å². The van der Waals surface area contributed by atoms with E-state index >= 15 is 0 Å². The fourth-order valence-electron chi connectivity index (χ4n) is 1.36. The Labute approximate surface area is 107 Å². The highest BCUT2D eigenvalue weighted by Crippen LogP contribution is 2.34. The van der Waals surface area contributed by atoms with Gasteiger partial charge in [-0.1, -0.05) is 23.9 Å². The fraction of sp³-hybridized carbons (Fsp3) is 0.182. The van der Waals surface area contributed by atoms with Crippen LogP contribution in [0.15, 0.2) is 27.4 Å². The molecule has 1 N–H and O–H groups in total. The number of carboxylic acid groups (broad SMARTS) is 1. The molecule has 2 rings (SSSR count). The molecule has 0 saturated carbocycles. The summed E-state index contributed by atoms with van der Waals surface area (Å²) in [6, 6.07) is 5.24. The van der Waals surface area contributed by atoms with Gasteiger partial charge in [-0.2, -0.15) is 4.37 Å². The topological polar surface area (TPSA) is 63.1 Å². The molecule has 0 amide bonds. The van der Waals surface area contributed by atoms with Gasteiger partial charge in [-0.25, -0.2) is 9.78 Å². The summed E-state index contributed by atoms with van der Waals surface area (Å²) >= 11 is 2.64. The first kappa shape index (κ1) is 12.1. The summed E-state index contributed by atoms with van der Waals surface area (Å²) in [5, 5.41) is 9.13. The summed E-state index contributed by atoms with van der Waals surface area (Å²) in [6.45, 7) is 3.71. The third-order valence-electron chi connectivity index (χ3n) is 2.14. The van der Waals surface area contributed by atoms with Gasteiger partial charge in [0.05, 0.1) is 5.56 Å². The molecule has 1 aromatic carbocycles. The maximum absolute atomic E-state index is 11.1. The lowest BCUT2D eigenvalue weighted by molar-refractivity contribution is 0.0693. The highest BCUT2D eigenvalue weighted by atomic mass is 32.2. The Morgan fingerprint density at radius 1 is 1.41 bits per heavy atom. The van der Waals surface area contributed by atoms with Gasteiger partial charge in [0.1, 0.15) is 5.82 Å². The standard InChI is InChI=1S/C11H10N2O2S2/c1-6-4-3-5-8(10(14)15)9(6)16-11-12-7(2)13-17-11/h3-5H,1-2H3,(H,14,15). The molecule has 0 bridgehead atoms. The van der Waals surface area contributed by atoms with E-state index in [2.05, 4.69) is 9.36 Å². The van der Waals surface area contributed by atoms with E-state index in [1.54, 1.807) is 12.1 Å². The van der Waals surface area contributed by atoms with E-state index < -0.39 is 5.97 Å². The van der Waals surface area contributed by atoms with Crippen LogP contribution in [0.25, 0.3) is 0 Å². The third kappa shape index (κ3) is 2.65. The molecule has 0 aliphatic heterocycles. The van der Waals surface area contributed by atoms with Crippen LogP contribution in [0.2, 0.25) is 0 Å². The normalized spacial score (nSPS) is 10.5. The van der Waals surface area contributed by atoms with Crippen LogP contribution in [-0.2, 0) is 0 Å². The molecule has 0 unspecified atom stereocenters. The summed E-state index contributed by atoms with van der Waals surface area (Å²) < 4.78 is 4.84.